The van der Waals surface area contributed by atoms with E-state index in [9.17, 15) is 19.3 Å². The molecular formula is C14H9ClFNO3. The van der Waals surface area contributed by atoms with Gasteiger partial charge < -0.3 is 0 Å². The van der Waals surface area contributed by atoms with Gasteiger partial charge in [-0.2, -0.15) is 0 Å². The van der Waals surface area contributed by atoms with Crippen molar-refractivity contribution in [3.8, 4) is 0 Å². The molecule has 0 unspecified atom stereocenters. The predicted octanol–water partition coefficient (Wildman–Crippen LogP) is 3.81. The van der Waals surface area contributed by atoms with Crippen LogP contribution in [0.2, 0.25) is 5.02 Å². The fourth-order valence-corrected chi connectivity index (χ4v) is 1.98. The Bertz CT molecular complexity index is 688. The number of carbonyl (C=O) groups excluding carboxylic acids is 1. The SMILES string of the molecule is O=C(Cc1cccc(Cl)c1)c1ccc([N+](=O)[O-])cc1F. The summed E-state index contributed by atoms with van der Waals surface area (Å²) < 4.78 is 13.7. The highest BCUT2D eigenvalue weighted by Crippen LogP contribution is 2.19. The molecule has 20 heavy (non-hydrogen) atoms. The third-order valence-corrected chi connectivity index (χ3v) is 2.95. The topological polar surface area (TPSA) is 60.2 Å². The second kappa shape index (κ2) is 5.79. The molecule has 0 aliphatic heterocycles. The van der Waals surface area contributed by atoms with Crippen molar-refractivity contribution in [3.63, 3.8) is 0 Å². The van der Waals surface area contributed by atoms with Crippen LogP contribution in [0.25, 0.3) is 0 Å². The Labute approximate surface area is 119 Å². The Morgan fingerprint density at radius 2 is 2.00 bits per heavy atom. The fraction of sp³-hybridized carbons (Fsp3) is 0.0714. The molecule has 0 saturated carbocycles. The monoisotopic (exact) mass is 293 g/mol. The summed E-state index contributed by atoms with van der Waals surface area (Å²) in [6.07, 6.45) is -0.0186. The van der Waals surface area contributed by atoms with Crippen molar-refractivity contribution in [3.05, 3.63) is 74.5 Å². The smallest absolute Gasteiger partial charge is 0.272 e. The highest BCUT2D eigenvalue weighted by molar-refractivity contribution is 6.30. The van der Waals surface area contributed by atoms with E-state index < -0.39 is 16.5 Å². The number of nitro groups is 1. The van der Waals surface area contributed by atoms with E-state index in [1.54, 1.807) is 24.3 Å². The third-order valence-electron chi connectivity index (χ3n) is 2.72. The van der Waals surface area contributed by atoms with Gasteiger partial charge in [0.25, 0.3) is 5.69 Å². The van der Waals surface area contributed by atoms with Crippen LogP contribution in [-0.2, 0) is 6.42 Å². The van der Waals surface area contributed by atoms with Gasteiger partial charge in [0, 0.05) is 17.5 Å². The van der Waals surface area contributed by atoms with E-state index in [1.165, 1.54) is 0 Å². The molecule has 0 amide bonds. The van der Waals surface area contributed by atoms with E-state index in [4.69, 9.17) is 11.6 Å². The second-order valence-electron chi connectivity index (χ2n) is 4.15. The molecule has 0 saturated heterocycles. The molecule has 2 aromatic rings. The van der Waals surface area contributed by atoms with Crippen LogP contribution in [-0.4, -0.2) is 10.7 Å². The normalized spacial score (nSPS) is 10.3. The van der Waals surface area contributed by atoms with Gasteiger partial charge in [-0.15, -0.1) is 0 Å². The van der Waals surface area contributed by atoms with Gasteiger partial charge in [0.15, 0.2) is 5.78 Å². The van der Waals surface area contributed by atoms with Crippen molar-refractivity contribution < 1.29 is 14.1 Å². The second-order valence-corrected chi connectivity index (χ2v) is 4.59. The minimum atomic E-state index is -0.897. The number of nitrogens with zero attached hydrogens (tertiary/aromatic N) is 1. The first-order valence-electron chi connectivity index (χ1n) is 5.69. The van der Waals surface area contributed by atoms with E-state index in [2.05, 4.69) is 0 Å². The number of ketones is 1. The first-order chi connectivity index (χ1) is 9.47. The average Bonchev–Trinajstić information content (AvgIpc) is 2.38. The summed E-state index contributed by atoms with van der Waals surface area (Å²) in [6.45, 7) is 0. The number of nitro benzene ring substituents is 1. The Balaban J connectivity index is 2.23. The van der Waals surface area contributed by atoms with Crippen molar-refractivity contribution in [2.75, 3.05) is 0 Å². The quantitative estimate of drug-likeness (QED) is 0.489. The Kier molecular flexibility index (Phi) is 4.10. The number of halogens is 2. The van der Waals surface area contributed by atoms with Crippen LogP contribution in [0.5, 0.6) is 0 Å². The first-order valence-corrected chi connectivity index (χ1v) is 6.07. The molecule has 4 nitrogen and oxygen atoms in total. The lowest BCUT2D eigenvalue weighted by molar-refractivity contribution is -0.385. The Hall–Kier alpha value is -2.27. The molecular weight excluding hydrogens is 285 g/mol. The van der Waals surface area contributed by atoms with E-state index in [0.29, 0.717) is 10.6 Å². The van der Waals surface area contributed by atoms with Crippen LogP contribution in [0.4, 0.5) is 10.1 Å². The van der Waals surface area contributed by atoms with Crippen LogP contribution < -0.4 is 0 Å². The highest BCUT2D eigenvalue weighted by Gasteiger charge is 2.16. The van der Waals surface area contributed by atoms with Gasteiger partial charge in [-0.3, -0.25) is 14.9 Å². The average molecular weight is 294 g/mol. The number of hydrogen-bond donors (Lipinski definition) is 0. The maximum absolute atomic E-state index is 13.7. The minimum Gasteiger partial charge on any atom is -0.294 e. The number of benzene rings is 2. The van der Waals surface area contributed by atoms with Gasteiger partial charge in [0.05, 0.1) is 16.6 Å². The Morgan fingerprint density at radius 3 is 2.60 bits per heavy atom. The number of hydrogen-bond acceptors (Lipinski definition) is 3. The van der Waals surface area contributed by atoms with Crippen LogP contribution in [0.15, 0.2) is 42.5 Å². The van der Waals surface area contributed by atoms with Gasteiger partial charge in [-0.05, 0) is 23.8 Å². The van der Waals surface area contributed by atoms with Crippen LogP contribution in [0, 0.1) is 15.9 Å². The summed E-state index contributed by atoms with van der Waals surface area (Å²) in [5.74, 6) is -1.36. The zero-order valence-electron chi connectivity index (χ0n) is 10.2. The zero-order valence-corrected chi connectivity index (χ0v) is 10.9. The molecule has 0 aliphatic carbocycles. The molecule has 2 rings (SSSR count). The summed E-state index contributed by atoms with van der Waals surface area (Å²) >= 11 is 5.80. The summed E-state index contributed by atoms with van der Waals surface area (Å²) in [5, 5.41) is 11.0. The predicted molar refractivity (Wildman–Crippen MR) is 72.5 cm³/mol. The maximum atomic E-state index is 13.7. The summed E-state index contributed by atoms with van der Waals surface area (Å²) in [4.78, 5) is 21.8. The lowest BCUT2D eigenvalue weighted by Crippen LogP contribution is -2.06. The Morgan fingerprint density at radius 1 is 1.25 bits per heavy atom. The molecule has 102 valence electrons. The van der Waals surface area contributed by atoms with Gasteiger partial charge in [-0.25, -0.2) is 4.39 Å². The van der Waals surface area contributed by atoms with Crippen molar-refractivity contribution in [1.82, 2.24) is 0 Å². The molecule has 0 heterocycles. The van der Waals surface area contributed by atoms with Crippen molar-refractivity contribution in [2.45, 2.75) is 6.42 Å². The molecule has 0 spiro atoms. The van der Waals surface area contributed by atoms with Gasteiger partial charge >= 0.3 is 0 Å². The third kappa shape index (κ3) is 3.19. The van der Waals surface area contributed by atoms with Crippen molar-refractivity contribution >= 4 is 23.1 Å². The molecule has 0 atom stereocenters. The lowest BCUT2D eigenvalue weighted by atomic mass is 10.0. The van der Waals surface area contributed by atoms with Crippen LogP contribution in [0.3, 0.4) is 0 Å². The lowest BCUT2D eigenvalue weighted by Gasteiger charge is -2.03. The highest BCUT2D eigenvalue weighted by atomic mass is 35.5. The largest absolute Gasteiger partial charge is 0.294 e. The van der Waals surface area contributed by atoms with Crippen molar-refractivity contribution in [1.29, 1.82) is 0 Å². The number of non-ortho nitro benzene ring substituents is 1. The minimum absolute atomic E-state index is 0.0186. The summed E-state index contributed by atoms with van der Waals surface area (Å²) in [7, 11) is 0. The maximum Gasteiger partial charge on any atom is 0.272 e. The van der Waals surface area contributed by atoms with Crippen LogP contribution >= 0.6 is 11.6 Å². The van der Waals surface area contributed by atoms with E-state index in [0.717, 1.165) is 18.2 Å². The zero-order chi connectivity index (χ0) is 14.7. The molecule has 0 N–H and O–H groups in total. The summed E-state index contributed by atoms with van der Waals surface area (Å²) in [6, 6.07) is 9.65. The fourth-order valence-electron chi connectivity index (χ4n) is 1.77. The molecule has 0 bridgehead atoms. The van der Waals surface area contributed by atoms with Crippen LogP contribution in [0.1, 0.15) is 15.9 Å². The number of rotatable bonds is 4. The first kappa shape index (κ1) is 14.1. The molecule has 0 aliphatic rings. The molecule has 0 aromatic heterocycles. The summed E-state index contributed by atoms with van der Waals surface area (Å²) in [5.41, 5.74) is 0.0950. The molecule has 0 fully saturated rings. The molecule has 2 aromatic carbocycles. The molecule has 6 heteroatoms. The van der Waals surface area contributed by atoms with Gasteiger partial charge in [0.2, 0.25) is 0 Å². The van der Waals surface area contributed by atoms with E-state index >= 15 is 0 Å². The standard InChI is InChI=1S/C14H9ClFNO3/c15-10-3-1-2-9(6-10)7-14(18)12-5-4-11(17(19)20)8-13(12)16/h1-6,8H,7H2. The van der Waals surface area contributed by atoms with Gasteiger partial charge in [-0.1, -0.05) is 23.7 Å². The number of carbonyl (C=O) groups is 1. The van der Waals surface area contributed by atoms with Gasteiger partial charge in [0.1, 0.15) is 5.82 Å². The van der Waals surface area contributed by atoms with Crippen molar-refractivity contribution in [2.24, 2.45) is 0 Å². The van der Waals surface area contributed by atoms with E-state index in [-0.39, 0.29) is 17.7 Å². The van der Waals surface area contributed by atoms with E-state index in [1.807, 2.05) is 0 Å². The molecule has 0 radical (unpaired) electrons. The number of Topliss-reactive ketones (excluding diaryl/α,β-unsaturated/α-hetero) is 1.